The van der Waals surface area contributed by atoms with E-state index in [0.717, 1.165) is 33.1 Å². The van der Waals surface area contributed by atoms with Gasteiger partial charge < -0.3 is 10.5 Å². The van der Waals surface area contributed by atoms with Crippen LogP contribution in [0.3, 0.4) is 0 Å². The number of rotatable bonds is 4. The zero-order valence-corrected chi connectivity index (χ0v) is 14.8. The van der Waals surface area contributed by atoms with Gasteiger partial charge in [0.15, 0.2) is 5.16 Å². The summed E-state index contributed by atoms with van der Waals surface area (Å²) in [5, 5.41) is 1.77. The molecule has 0 radical (unpaired) electrons. The van der Waals surface area contributed by atoms with Crippen LogP contribution >= 0.6 is 23.1 Å². The zero-order valence-electron chi connectivity index (χ0n) is 13.2. The lowest BCUT2D eigenvalue weighted by atomic mass is 9.96. The smallest absolute Gasteiger partial charge is 0.191 e. The van der Waals surface area contributed by atoms with Crippen LogP contribution in [0.5, 0.6) is 0 Å². The van der Waals surface area contributed by atoms with E-state index in [4.69, 9.17) is 10.5 Å². The van der Waals surface area contributed by atoms with Crippen LogP contribution in [0.2, 0.25) is 0 Å². The molecule has 0 fully saturated rings. The van der Waals surface area contributed by atoms with Crippen LogP contribution in [0.25, 0.3) is 10.2 Å². The van der Waals surface area contributed by atoms with E-state index in [1.807, 2.05) is 6.92 Å². The number of nitrogen functional groups attached to an aromatic ring is 1. The van der Waals surface area contributed by atoms with Gasteiger partial charge in [-0.3, -0.25) is 0 Å². The molecule has 0 saturated carbocycles. The molecule has 0 aliphatic carbocycles. The first-order chi connectivity index (χ1) is 10.5. The van der Waals surface area contributed by atoms with Crippen molar-refractivity contribution in [1.82, 2.24) is 9.97 Å². The Morgan fingerprint density at radius 2 is 2.27 bits per heavy atom. The van der Waals surface area contributed by atoms with E-state index in [0.29, 0.717) is 18.3 Å². The van der Waals surface area contributed by atoms with E-state index in [9.17, 15) is 0 Å². The Labute approximate surface area is 139 Å². The van der Waals surface area contributed by atoms with Crippen molar-refractivity contribution in [1.29, 1.82) is 0 Å². The molecule has 4 nitrogen and oxygen atoms in total. The minimum atomic E-state index is 0.252. The van der Waals surface area contributed by atoms with Crippen molar-refractivity contribution in [2.75, 3.05) is 11.5 Å². The highest BCUT2D eigenvalue weighted by Gasteiger charge is 2.27. The van der Waals surface area contributed by atoms with E-state index < -0.39 is 0 Å². The summed E-state index contributed by atoms with van der Waals surface area (Å²) < 4.78 is 5.95. The molecule has 1 aliphatic rings. The quantitative estimate of drug-likeness (QED) is 0.519. The fourth-order valence-electron chi connectivity index (χ4n) is 2.57. The average molecular weight is 335 g/mol. The molecule has 2 aromatic rings. The topological polar surface area (TPSA) is 61.0 Å². The van der Waals surface area contributed by atoms with Crippen LogP contribution in [-0.4, -0.2) is 21.8 Å². The first-order valence-electron chi connectivity index (χ1n) is 7.42. The van der Waals surface area contributed by atoms with E-state index in [1.54, 1.807) is 23.1 Å². The van der Waals surface area contributed by atoms with Crippen LogP contribution in [0.4, 0.5) is 5.82 Å². The maximum Gasteiger partial charge on any atom is 0.191 e. The van der Waals surface area contributed by atoms with Crippen LogP contribution in [0, 0.1) is 5.92 Å². The van der Waals surface area contributed by atoms with Gasteiger partial charge >= 0.3 is 0 Å². The van der Waals surface area contributed by atoms with Crippen LogP contribution in [0.1, 0.15) is 31.2 Å². The van der Waals surface area contributed by atoms with Crippen molar-refractivity contribution in [2.24, 2.45) is 5.92 Å². The molecule has 0 bridgehead atoms. The first-order valence-corrected chi connectivity index (χ1v) is 9.22. The molecule has 0 spiro atoms. The highest BCUT2D eigenvalue weighted by molar-refractivity contribution is 7.99. The second kappa shape index (κ2) is 6.18. The maximum atomic E-state index is 6.23. The molecule has 22 heavy (non-hydrogen) atoms. The van der Waals surface area contributed by atoms with Crippen molar-refractivity contribution in [3.63, 3.8) is 0 Å². The Morgan fingerprint density at radius 3 is 2.95 bits per heavy atom. The predicted molar refractivity (Wildman–Crippen MR) is 94.5 cm³/mol. The zero-order chi connectivity index (χ0) is 15.9. The summed E-state index contributed by atoms with van der Waals surface area (Å²) in [4.78, 5) is 11.4. The van der Waals surface area contributed by atoms with E-state index in [1.165, 1.54) is 10.4 Å². The SMILES string of the molecule is C=C(C)CSc1nc(N)c2c3c(sc2n1)CO[C@H](C(C)C)C3. The third kappa shape index (κ3) is 3.00. The molecule has 3 heterocycles. The third-order valence-corrected chi connectivity index (χ3v) is 5.94. The van der Waals surface area contributed by atoms with Gasteiger partial charge in [-0.05, 0) is 18.4 Å². The molecule has 0 unspecified atom stereocenters. The number of aromatic nitrogens is 2. The number of fused-ring (bicyclic) bond motifs is 3. The minimum absolute atomic E-state index is 0.252. The van der Waals surface area contributed by atoms with Crippen LogP contribution < -0.4 is 5.73 Å². The number of thiophene rings is 1. The van der Waals surface area contributed by atoms with Gasteiger partial charge in [0.25, 0.3) is 0 Å². The minimum Gasteiger partial charge on any atom is -0.383 e. The molecule has 3 rings (SSSR count). The highest BCUT2D eigenvalue weighted by atomic mass is 32.2. The summed E-state index contributed by atoms with van der Waals surface area (Å²) in [5.74, 6) is 1.90. The van der Waals surface area contributed by atoms with Crippen LogP contribution in [-0.2, 0) is 17.8 Å². The normalized spacial score (nSPS) is 17.9. The number of nitrogens with two attached hydrogens (primary N) is 1. The fraction of sp³-hybridized carbons (Fsp3) is 0.500. The van der Waals surface area contributed by atoms with Crippen molar-refractivity contribution in [3.8, 4) is 0 Å². The first kappa shape index (κ1) is 15.8. The number of thioether (sulfide) groups is 1. The van der Waals surface area contributed by atoms with Gasteiger partial charge in [-0.15, -0.1) is 11.3 Å². The lowest BCUT2D eigenvalue weighted by Crippen LogP contribution is -2.26. The van der Waals surface area contributed by atoms with Crippen molar-refractivity contribution >= 4 is 39.1 Å². The molecular weight excluding hydrogens is 314 g/mol. The fourth-order valence-corrected chi connectivity index (χ4v) is 4.45. The summed E-state index contributed by atoms with van der Waals surface area (Å²) in [7, 11) is 0. The number of hydrogen-bond donors (Lipinski definition) is 1. The van der Waals surface area contributed by atoms with Gasteiger partial charge in [0, 0.05) is 17.1 Å². The number of ether oxygens (including phenoxy) is 1. The van der Waals surface area contributed by atoms with Crippen molar-refractivity contribution < 1.29 is 4.74 Å². The molecule has 2 N–H and O–H groups in total. The molecule has 2 aromatic heterocycles. The van der Waals surface area contributed by atoms with Gasteiger partial charge in [0.05, 0.1) is 18.1 Å². The molecular formula is C16H21N3OS2. The van der Waals surface area contributed by atoms with E-state index in [2.05, 4.69) is 30.4 Å². The summed E-state index contributed by atoms with van der Waals surface area (Å²) >= 11 is 3.27. The molecule has 0 amide bonds. The van der Waals surface area contributed by atoms with Gasteiger partial charge in [0.1, 0.15) is 10.6 Å². The summed E-state index contributed by atoms with van der Waals surface area (Å²) in [6.45, 7) is 11.0. The Morgan fingerprint density at radius 1 is 1.50 bits per heavy atom. The number of hydrogen-bond acceptors (Lipinski definition) is 6. The molecule has 0 aromatic carbocycles. The largest absolute Gasteiger partial charge is 0.383 e. The van der Waals surface area contributed by atoms with Gasteiger partial charge in [-0.2, -0.15) is 0 Å². The molecule has 0 saturated heterocycles. The van der Waals surface area contributed by atoms with Crippen molar-refractivity contribution in [3.05, 3.63) is 22.6 Å². The summed E-state index contributed by atoms with van der Waals surface area (Å²) in [5.41, 5.74) is 8.63. The van der Waals surface area contributed by atoms with Gasteiger partial charge in [0.2, 0.25) is 0 Å². The number of anilines is 1. The Balaban J connectivity index is 1.98. The van der Waals surface area contributed by atoms with Crippen LogP contribution in [0.15, 0.2) is 17.3 Å². The second-order valence-electron chi connectivity index (χ2n) is 6.12. The standard InChI is InChI=1S/C16H21N3OS2/c1-8(2)7-21-16-18-14(17)13-10-5-11(9(3)4)20-6-12(10)22-15(13)19-16/h9,11H,1,5-7H2,2-4H3,(H2,17,18,19)/t11-/m0/s1. The second-order valence-corrected chi connectivity index (χ2v) is 8.14. The lowest BCUT2D eigenvalue weighted by Gasteiger charge is -2.26. The maximum absolute atomic E-state index is 6.23. The molecule has 118 valence electrons. The molecule has 6 heteroatoms. The lowest BCUT2D eigenvalue weighted by molar-refractivity contribution is 0.00203. The third-order valence-electron chi connectivity index (χ3n) is 3.77. The Hall–Kier alpha value is -1.11. The monoisotopic (exact) mass is 335 g/mol. The molecule has 1 atom stereocenters. The Bertz CT molecular complexity index is 724. The average Bonchev–Trinajstić information content (AvgIpc) is 2.82. The Kier molecular flexibility index (Phi) is 4.43. The van der Waals surface area contributed by atoms with E-state index >= 15 is 0 Å². The van der Waals surface area contributed by atoms with Gasteiger partial charge in [-0.1, -0.05) is 37.8 Å². The predicted octanol–water partition coefficient (Wildman–Crippen LogP) is 4.04. The summed E-state index contributed by atoms with van der Waals surface area (Å²) in [6, 6.07) is 0. The van der Waals surface area contributed by atoms with Crippen molar-refractivity contribution in [2.45, 2.75) is 45.1 Å². The van der Waals surface area contributed by atoms with E-state index in [-0.39, 0.29) is 6.10 Å². The summed E-state index contributed by atoms with van der Waals surface area (Å²) in [6.07, 6.45) is 1.15. The highest BCUT2D eigenvalue weighted by Crippen LogP contribution is 2.39. The number of nitrogens with zero attached hydrogens (tertiary/aromatic N) is 2. The van der Waals surface area contributed by atoms with Gasteiger partial charge in [-0.25, -0.2) is 9.97 Å². The molecule has 1 aliphatic heterocycles.